The highest BCUT2D eigenvalue weighted by atomic mass is 32.2. The molecule has 0 aliphatic carbocycles. The van der Waals surface area contributed by atoms with Crippen LogP contribution in [0.5, 0.6) is 0 Å². The molecule has 0 radical (unpaired) electrons. The first-order valence-corrected chi connectivity index (χ1v) is 7.01. The van der Waals surface area contributed by atoms with Crippen molar-refractivity contribution in [2.45, 2.75) is 19.1 Å². The number of esters is 1. The van der Waals surface area contributed by atoms with E-state index in [9.17, 15) is 18.0 Å². The van der Waals surface area contributed by atoms with Crippen molar-refractivity contribution >= 4 is 22.0 Å². The van der Waals surface area contributed by atoms with E-state index in [1.807, 2.05) is 0 Å². The number of carboxylic acids is 1. The monoisotopic (exact) mass is 279 g/mol. The van der Waals surface area contributed by atoms with Gasteiger partial charge in [0.05, 0.1) is 13.0 Å². The highest BCUT2D eigenvalue weighted by Gasteiger charge is 2.43. The van der Waals surface area contributed by atoms with E-state index in [4.69, 9.17) is 5.11 Å². The summed E-state index contributed by atoms with van der Waals surface area (Å²) < 4.78 is 29.6. The molecule has 104 valence electrons. The molecule has 0 aromatic heterocycles. The predicted octanol–water partition coefficient (Wildman–Crippen LogP) is -0.470. The van der Waals surface area contributed by atoms with Gasteiger partial charge in [0.1, 0.15) is 0 Å². The van der Waals surface area contributed by atoms with Crippen LogP contribution in [0, 0.1) is 11.8 Å². The maximum atomic E-state index is 12.1. The van der Waals surface area contributed by atoms with Gasteiger partial charge in [0, 0.05) is 13.1 Å². The van der Waals surface area contributed by atoms with Gasteiger partial charge in [0.25, 0.3) is 0 Å². The molecule has 0 amide bonds. The molecule has 1 fully saturated rings. The third-order valence-corrected chi connectivity index (χ3v) is 5.34. The minimum absolute atomic E-state index is 0.0971. The van der Waals surface area contributed by atoms with Crippen molar-refractivity contribution in [2.24, 2.45) is 11.8 Å². The largest absolute Gasteiger partial charge is 0.481 e. The van der Waals surface area contributed by atoms with Gasteiger partial charge in [0.2, 0.25) is 10.0 Å². The summed E-state index contributed by atoms with van der Waals surface area (Å²) in [7, 11) is -2.74. The summed E-state index contributed by atoms with van der Waals surface area (Å²) in [5.41, 5.74) is 0. The molecule has 3 atom stereocenters. The molecule has 0 spiro atoms. The van der Waals surface area contributed by atoms with Gasteiger partial charge in [-0.3, -0.25) is 9.59 Å². The van der Waals surface area contributed by atoms with Crippen LogP contribution < -0.4 is 0 Å². The summed E-state index contributed by atoms with van der Waals surface area (Å²) in [5, 5.41) is 7.63. The van der Waals surface area contributed by atoms with Crippen LogP contribution in [0.25, 0.3) is 0 Å². The molecular weight excluding hydrogens is 262 g/mol. The maximum Gasteiger partial charge on any atom is 0.325 e. The highest BCUT2D eigenvalue weighted by molar-refractivity contribution is 7.90. The van der Waals surface area contributed by atoms with E-state index in [-0.39, 0.29) is 19.0 Å². The molecule has 1 rings (SSSR count). The fraction of sp³-hybridized carbons (Fsp3) is 0.800. The van der Waals surface area contributed by atoms with Gasteiger partial charge in [-0.05, 0) is 12.8 Å². The molecule has 0 aromatic carbocycles. The van der Waals surface area contributed by atoms with Crippen molar-refractivity contribution in [3.63, 3.8) is 0 Å². The number of methoxy groups -OCH3 is 1. The van der Waals surface area contributed by atoms with Crippen LogP contribution in [-0.4, -0.2) is 55.2 Å². The third kappa shape index (κ3) is 2.64. The third-order valence-electron chi connectivity index (χ3n) is 3.24. The topological polar surface area (TPSA) is 101 Å². The van der Waals surface area contributed by atoms with Gasteiger partial charge >= 0.3 is 11.9 Å². The minimum atomic E-state index is -3.85. The zero-order valence-electron chi connectivity index (χ0n) is 10.5. The average Bonchev–Trinajstić information content (AvgIpc) is 2.70. The lowest BCUT2D eigenvalue weighted by Gasteiger charge is -2.19. The number of hydrogen-bond donors (Lipinski definition) is 1. The number of carboxylic acid groups (broad SMARTS) is 1. The number of sulfonamides is 1. The van der Waals surface area contributed by atoms with E-state index in [2.05, 4.69) is 4.74 Å². The van der Waals surface area contributed by atoms with Gasteiger partial charge in [-0.1, -0.05) is 6.92 Å². The SMILES string of the molecule is COC(=O)C(C)S(=O)(=O)N1C[C@@H](C)[C@H](C(=O)O)C1. The number of rotatable bonds is 4. The van der Waals surface area contributed by atoms with Crippen LogP contribution in [0.3, 0.4) is 0 Å². The molecule has 0 bridgehead atoms. The number of nitrogens with zero attached hydrogens (tertiary/aromatic N) is 1. The van der Waals surface area contributed by atoms with E-state index >= 15 is 0 Å². The Kier molecular flexibility index (Phi) is 4.33. The fourth-order valence-electron chi connectivity index (χ4n) is 1.96. The lowest BCUT2D eigenvalue weighted by Crippen LogP contribution is -2.40. The van der Waals surface area contributed by atoms with Gasteiger partial charge in [0.15, 0.2) is 5.25 Å². The van der Waals surface area contributed by atoms with E-state index in [1.165, 1.54) is 6.92 Å². The Balaban J connectivity index is 2.89. The van der Waals surface area contributed by atoms with Crippen molar-refractivity contribution < 1.29 is 27.9 Å². The van der Waals surface area contributed by atoms with Gasteiger partial charge in [-0.2, -0.15) is 0 Å². The van der Waals surface area contributed by atoms with Crippen LogP contribution in [0.4, 0.5) is 0 Å². The number of hydrogen-bond acceptors (Lipinski definition) is 5. The van der Waals surface area contributed by atoms with Crippen LogP contribution in [0.1, 0.15) is 13.8 Å². The summed E-state index contributed by atoms with van der Waals surface area (Å²) in [5.74, 6) is -2.88. The van der Waals surface area contributed by atoms with Gasteiger partial charge in [-0.25, -0.2) is 12.7 Å². The van der Waals surface area contributed by atoms with Gasteiger partial charge < -0.3 is 9.84 Å². The Hall–Kier alpha value is -1.15. The number of ether oxygens (including phenoxy) is 1. The van der Waals surface area contributed by atoms with Crippen LogP contribution >= 0.6 is 0 Å². The number of carbonyl (C=O) groups excluding carboxylic acids is 1. The van der Waals surface area contributed by atoms with Crippen LogP contribution in [0.2, 0.25) is 0 Å². The Bertz CT molecular complexity index is 445. The van der Waals surface area contributed by atoms with E-state index in [0.29, 0.717) is 0 Å². The van der Waals surface area contributed by atoms with Crippen molar-refractivity contribution in [1.82, 2.24) is 4.31 Å². The lowest BCUT2D eigenvalue weighted by atomic mass is 9.99. The van der Waals surface area contributed by atoms with Crippen molar-refractivity contribution in [3.8, 4) is 0 Å². The van der Waals surface area contributed by atoms with E-state index in [0.717, 1.165) is 11.4 Å². The molecule has 1 unspecified atom stereocenters. The molecule has 8 heteroatoms. The highest BCUT2D eigenvalue weighted by Crippen LogP contribution is 2.27. The van der Waals surface area contributed by atoms with Crippen LogP contribution in [-0.2, 0) is 24.3 Å². The first kappa shape index (κ1) is 14.9. The minimum Gasteiger partial charge on any atom is -0.481 e. The first-order chi connectivity index (χ1) is 8.21. The predicted molar refractivity (Wildman–Crippen MR) is 62.3 cm³/mol. The average molecular weight is 279 g/mol. The quantitative estimate of drug-likeness (QED) is 0.698. The van der Waals surface area contributed by atoms with Crippen molar-refractivity contribution in [1.29, 1.82) is 0 Å². The smallest absolute Gasteiger partial charge is 0.325 e. The second-order valence-electron chi connectivity index (χ2n) is 4.45. The van der Waals surface area contributed by atoms with Crippen LogP contribution in [0.15, 0.2) is 0 Å². The summed E-state index contributed by atoms with van der Waals surface area (Å²) in [6.45, 7) is 2.93. The van der Waals surface area contributed by atoms with Crippen molar-refractivity contribution in [2.75, 3.05) is 20.2 Å². The normalized spacial score (nSPS) is 26.8. The Morgan fingerprint density at radius 3 is 2.33 bits per heavy atom. The molecule has 1 saturated heterocycles. The second kappa shape index (κ2) is 5.23. The second-order valence-corrected chi connectivity index (χ2v) is 6.70. The lowest BCUT2D eigenvalue weighted by molar-refractivity contribution is -0.142. The molecule has 0 saturated carbocycles. The summed E-state index contributed by atoms with van der Waals surface area (Å²) in [4.78, 5) is 22.2. The van der Waals surface area contributed by atoms with E-state index < -0.39 is 33.1 Å². The van der Waals surface area contributed by atoms with Crippen molar-refractivity contribution in [3.05, 3.63) is 0 Å². The molecule has 1 N–H and O–H groups in total. The molecule has 18 heavy (non-hydrogen) atoms. The first-order valence-electron chi connectivity index (χ1n) is 5.51. The summed E-state index contributed by atoms with van der Waals surface area (Å²) in [6.07, 6.45) is 0. The Labute approximate surface area is 106 Å². The Morgan fingerprint density at radius 2 is 1.94 bits per heavy atom. The summed E-state index contributed by atoms with van der Waals surface area (Å²) in [6, 6.07) is 0. The molecular formula is C10H17NO6S. The number of carbonyl (C=O) groups is 2. The summed E-state index contributed by atoms with van der Waals surface area (Å²) >= 11 is 0. The molecule has 1 aliphatic heterocycles. The molecule has 1 aliphatic rings. The number of aliphatic carboxylic acids is 1. The maximum absolute atomic E-state index is 12.1. The molecule has 7 nitrogen and oxygen atoms in total. The standard InChI is InChI=1S/C10H17NO6S/c1-6-4-11(5-8(6)9(12)13)18(15,16)7(2)10(14)17-3/h6-8H,4-5H2,1-3H3,(H,12,13)/t6-,7?,8-/m1/s1. The molecule has 1 heterocycles. The van der Waals surface area contributed by atoms with Gasteiger partial charge in [-0.15, -0.1) is 0 Å². The Morgan fingerprint density at radius 1 is 1.39 bits per heavy atom. The zero-order chi connectivity index (χ0) is 14.1. The fourth-order valence-corrected chi connectivity index (χ4v) is 3.56. The molecule has 0 aromatic rings. The van der Waals surface area contributed by atoms with E-state index in [1.54, 1.807) is 6.92 Å². The zero-order valence-corrected chi connectivity index (χ0v) is 11.3.